The summed E-state index contributed by atoms with van der Waals surface area (Å²) in [6.45, 7) is 1.76. The quantitative estimate of drug-likeness (QED) is 0.673. The molecule has 4 rings (SSSR count). The summed E-state index contributed by atoms with van der Waals surface area (Å²) in [4.78, 5) is 24.1. The Morgan fingerprint density at radius 3 is 2.87 bits per heavy atom. The number of anilines is 1. The molecule has 0 aliphatic carbocycles. The van der Waals surface area contributed by atoms with Crippen LogP contribution in [-0.2, 0) is 4.79 Å². The summed E-state index contributed by atoms with van der Waals surface area (Å²) < 4.78 is 19.8. The van der Waals surface area contributed by atoms with Gasteiger partial charge >= 0.3 is 0 Å². The fraction of sp³-hybridized carbons (Fsp3) is 0.318. The number of hydrogen-bond donors (Lipinski definition) is 1. The van der Waals surface area contributed by atoms with Gasteiger partial charge in [-0.3, -0.25) is 14.8 Å². The third kappa shape index (κ3) is 4.04. The fourth-order valence-electron chi connectivity index (χ4n) is 3.72. The highest BCUT2D eigenvalue weighted by atomic mass is 19.1. The summed E-state index contributed by atoms with van der Waals surface area (Å²) in [5, 5.41) is 9.53. The minimum absolute atomic E-state index is 0.0321. The monoisotopic (exact) mass is 410 g/mol. The predicted molar refractivity (Wildman–Crippen MR) is 111 cm³/mol. The van der Waals surface area contributed by atoms with Crippen molar-refractivity contribution < 1.29 is 19.0 Å². The Kier molecular flexibility index (Phi) is 5.76. The van der Waals surface area contributed by atoms with Crippen molar-refractivity contribution in [1.29, 1.82) is 0 Å². The van der Waals surface area contributed by atoms with E-state index < -0.39 is 5.82 Å². The lowest BCUT2D eigenvalue weighted by molar-refractivity contribution is -0.133. The number of aromatic nitrogens is 2. The number of pyridine rings is 2. The Hall–Kier alpha value is -3.26. The molecule has 0 unspecified atom stereocenters. The van der Waals surface area contributed by atoms with Crippen molar-refractivity contribution in [2.45, 2.75) is 6.42 Å². The van der Waals surface area contributed by atoms with Gasteiger partial charge in [0.1, 0.15) is 17.0 Å². The number of benzene rings is 1. The summed E-state index contributed by atoms with van der Waals surface area (Å²) in [7, 11) is 1.72. The second-order valence-electron chi connectivity index (χ2n) is 7.34. The van der Waals surface area contributed by atoms with E-state index in [1.807, 2.05) is 24.3 Å². The molecule has 1 saturated heterocycles. The third-order valence-corrected chi connectivity index (χ3v) is 5.35. The molecule has 3 aromatic rings. The molecule has 0 radical (unpaired) electrons. The number of aliphatic hydroxyl groups excluding tert-OH is 1. The molecule has 1 N–H and O–H groups in total. The van der Waals surface area contributed by atoms with Crippen molar-refractivity contribution >= 4 is 22.5 Å². The van der Waals surface area contributed by atoms with Gasteiger partial charge in [0.05, 0.1) is 24.1 Å². The van der Waals surface area contributed by atoms with Crippen molar-refractivity contribution in [3.8, 4) is 11.5 Å². The number of ether oxygens (including phenoxy) is 1. The van der Waals surface area contributed by atoms with E-state index in [-0.39, 0.29) is 23.9 Å². The molecule has 0 saturated carbocycles. The largest absolute Gasteiger partial charge is 0.457 e. The van der Waals surface area contributed by atoms with E-state index in [9.17, 15) is 9.18 Å². The second kappa shape index (κ2) is 8.62. The Balaban J connectivity index is 1.44. The van der Waals surface area contributed by atoms with Gasteiger partial charge in [-0.1, -0.05) is 0 Å². The maximum absolute atomic E-state index is 13.9. The molecule has 1 fully saturated rings. The number of likely N-dealkylation sites (N-methyl/N-ethyl adjacent to an activating group) is 1. The zero-order chi connectivity index (χ0) is 21.1. The number of aliphatic hydroxyl groups is 1. The van der Waals surface area contributed by atoms with Crippen LogP contribution in [0, 0.1) is 11.7 Å². The minimum atomic E-state index is -0.490. The van der Waals surface area contributed by atoms with E-state index in [1.54, 1.807) is 18.0 Å². The van der Waals surface area contributed by atoms with Gasteiger partial charge in [-0.25, -0.2) is 4.39 Å². The maximum Gasteiger partial charge on any atom is 0.227 e. The smallest absolute Gasteiger partial charge is 0.227 e. The molecular formula is C22H23FN4O3. The SMILES string of the molecule is CN(CCO)C(=O)[C@H]1CCN(c2ccc(Oc3ccnc4c(F)cncc34)cc2)C1. The van der Waals surface area contributed by atoms with E-state index >= 15 is 0 Å². The number of nitrogens with zero attached hydrogens (tertiary/aromatic N) is 4. The second-order valence-corrected chi connectivity index (χ2v) is 7.34. The Bertz CT molecular complexity index is 1040. The number of rotatable bonds is 6. The van der Waals surface area contributed by atoms with E-state index in [0.717, 1.165) is 24.8 Å². The highest BCUT2D eigenvalue weighted by Crippen LogP contribution is 2.31. The van der Waals surface area contributed by atoms with Gasteiger partial charge < -0.3 is 19.6 Å². The van der Waals surface area contributed by atoms with Crippen LogP contribution in [0.5, 0.6) is 11.5 Å². The molecule has 8 heteroatoms. The van der Waals surface area contributed by atoms with Gasteiger partial charge in [0, 0.05) is 44.8 Å². The molecule has 30 heavy (non-hydrogen) atoms. The Labute approximate surface area is 173 Å². The van der Waals surface area contributed by atoms with Gasteiger partial charge in [-0.15, -0.1) is 0 Å². The topological polar surface area (TPSA) is 78.8 Å². The average molecular weight is 410 g/mol. The van der Waals surface area contributed by atoms with Crippen LogP contribution in [0.1, 0.15) is 6.42 Å². The zero-order valence-electron chi connectivity index (χ0n) is 16.7. The molecule has 1 amide bonds. The molecule has 2 aromatic heterocycles. The molecule has 1 aromatic carbocycles. The molecule has 0 spiro atoms. The van der Waals surface area contributed by atoms with E-state index in [1.165, 1.54) is 12.4 Å². The van der Waals surface area contributed by atoms with Crippen LogP contribution in [0.25, 0.3) is 10.9 Å². The van der Waals surface area contributed by atoms with Crippen LogP contribution in [0.15, 0.2) is 48.9 Å². The summed E-state index contributed by atoms with van der Waals surface area (Å²) in [6, 6.07) is 9.27. The number of amides is 1. The third-order valence-electron chi connectivity index (χ3n) is 5.35. The summed E-state index contributed by atoms with van der Waals surface area (Å²) in [6.07, 6.45) is 4.95. The summed E-state index contributed by atoms with van der Waals surface area (Å²) in [5.41, 5.74) is 1.23. The number of halogens is 1. The van der Waals surface area contributed by atoms with Crippen molar-refractivity contribution in [3.63, 3.8) is 0 Å². The van der Waals surface area contributed by atoms with Gasteiger partial charge in [0.15, 0.2) is 5.82 Å². The highest BCUT2D eigenvalue weighted by Gasteiger charge is 2.30. The van der Waals surface area contributed by atoms with Gasteiger partial charge in [-0.05, 0) is 36.8 Å². The number of carbonyl (C=O) groups is 1. The van der Waals surface area contributed by atoms with Crippen LogP contribution in [0.3, 0.4) is 0 Å². The highest BCUT2D eigenvalue weighted by molar-refractivity contribution is 5.84. The number of hydrogen-bond acceptors (Lipinski definition) is 6. The number of fused-ring (bicyclic) bond motifs is 1. The van der Waals surface area contributed by atoms with E-state index in [0.29, 0.717) is 30.0 Å². The lowest BCUT2D eigenvalue weighted by atomic mass is 10.1. The van der Waals surface area contributed by atoms with Crippen LogP contribution in [-0.4, -0.2) is 59.2 Å². The first kappa shape index (κ1) is 20.0. The molecular weight excluding hydrogens is 387 g/mol. The zero-order valence-corrected chi connectivity index (χ0v) is 16.7. The standard InChI is InChI=1S/C22H23FN4O3/c1-26(10-11-28)22(29)15-7-9-27(14-15)16-2-4-17(5-3-16)30-20-6-8-25-21-18(20)12-24-13-19(21)23/h2-6,8,12-13,15,28H,7,9-11,14H2,1H3/t15-/m0/s1. The van der Waals surface area contributed by atoms with E-state index in [2.05, 4.69) is 14.9 Å². The van der Waals surface area contributed by atoms with E-state index in [4.69, 9.17) is 9.84 Å². The van der Waals surface area contributed by atoms with Crippen LogP contribution < -0.4 is 9.64 Å². The van der Waals surface area contributed by atoms with Crippen LogP contribution in [0.2, 0.25) is 0 Å². The first-order chi connectivity index (χ1) is 14.6. The van der Waals surface area contributed by atoms with Crippen molar-refractivity contribution in [1.82, 2.24) is 14.9 Å². The minimum Gasteiger partial charge on any atom is -0.457 e. The lowest BCUT2D eigenvalue weighted by Gasteiger charge is -2.22. The average Bonchev–Trinajstić information content (AvgIpc) is 3.25. The molecule has 0 bridgehead atoms. The maximum atomic E-state index is 13.9. The molecule has 1 aliphatic heterocycles. The van der Waals surface area contributed by atoms with Gasteiger partial charge in [-0.2, -0.15) is 0 Å². The van der Waals surface area contributed by atoms with Crippen LogP contribution in [0.4, 0.5) is 10.1 Å². The van der Waals surface area contributed by atoms with Gasteiger partial charge in [0.2, 0.25) is 5.91 Å². The predicted octanol–water partition coefficient (Wildman–Crippen LogP) is 2.84. The molecule has 7 nitrogen and oxygen atoms in total. The molecule has 1 aliphatic rings. The summed E-state index contributed by atoms with van der Waals surface area (Å²) >= 11 is 0. The van der Waals surface area contributed by atoms with Crippen molar-refractivity contribution in [2.24, 2.45) is 5.92 Å². The van der Waals surface area contributed by atoms with Gasteiger partial charge in [0.25, 0.3) is 0 Å². The Morgan fingerprint density at radius 1 is 1.30 bits per heavy atom. The fourth-order valence-corrected chi connectivity index (χ4v) is 3.72. The molecule has 1 atom stereocenters. The Morgan fingerprint density at radius 2 is 2.10 bits per heavy atom. The summed E-state index contributed by atoms with van der Waals surface area (Å²) in [5.74, 6) is 0.611. The normalized spacial score (nSPS) is 16.1. The lowest BCUT2D eigenvalue weighted by Crippen LogP contribution is -2.36. The molecule has 3 heterocycles. The number of carbonyl (C=O) groups excluding carboxylic acids is 1. The molecule has 156 valence electrons. The van der Waals surface area contributed by atoms with Crippen molar-refractivity contribution in [3.05, 3.63) is 54.7 Å². The van der Waals surface area contributed by atoms with Crippen LogP contribution >= 0.6 is 0 Å². The first-order valence-electron chi connectivity index (χ1n) is 9.83. The first-order valence-corrected chi connectivity index (χ1v) is 9.83. The van der Waals surface area contributed by atoms with Crippen molar-refractivity contribution in [2.75, 3.05) is 38.2 Å².